The number of benzene rings is 1. The minimum atomic E-state index is -4.77. The summed E-state index contributed by atoms with van der Waals surface area (Å²) >= 11 is 0. The van der Waals surface area contributed by atoms with Crippen LogP contribution in [0.5, 0.6) is 5.75 Å². The Morgan fingerprint density at radius 3 is 2.57 bits per heavy atom. The Bertz CT molecular complexity index is 679. The van der Waals surface area contributed by atoms with Crippen molar-refractivity contribution in [1.29, 1.82) is 0 Å². The number of aromatic nitrogens is 2. The van der Waals surface area contributed by atoms with E-state index < -0.39 is 6.36 Å². The Morgan fingerprint density at radius 2 is 1.91 bits per heavy atom. The van der Waals surface area contributed by atoms with E-state index in [2.05, 4.69) is 19.8 Å². The van der Waals surface area contributed by atoms with Crippen LogP contribution in [0.1, 0.15) is 24.7 Å². The van der Waals surface area contributed by atoms with Crippen LogP contribution in [0.15, 0.2) is 28.8 Å². The summed E-state index contributed by atoms with van der Waals surface area (Å²) < 4.78 is 46.6. The van der Waals surface area contributed by atoms with Crippen molar-refractivity contribution >= 4 is 0 Å². The molecule has 1 saturated carbocycles. The Hall–Kier alpha value is -2.09. The Kier molecular flexibility index (Phi) is 4.01. The molecule has 0 aliphatic heterocycles. The van der Waals surface area contributed by atoms with Crippen molar-refractivity contribution in [3.05, 3.63) is 30.2 Å². The fourth-order valence-electron chi connectivity index (χ4n) is 2.59. The first kappa shape index (κ1) is 15.8. The van der Waals surface area contributed by atoms with Gasteiger partial charge in [0.2, 0.25) is 11.7 Å². The third-order valence-electron chi connectivity index (χ3n) is 3.99. The van der Waals surface area contributed by atoms with E-state index in [4.69, 9.17) is 4.52 Å². The Balaban J connectivity index is 1.79. The van der Waals surface area contributed by atoms with Gasteiger partial charge in [0.15, 0.2) is 0 Å². The van der Waals surface area contributed by atoms with Gasteiger partial charge in [0, 0.05) is 12.0 Å². The predicted molar refractivity (Wildman–Crippen MR) is 75.9 cm³/mol. The molecule has 0 saturated heterocycles. The van der Waals surface area contributed by atoms with Crippen LogP contribution in [0.4, 0.5) is 13.2 Å². The van der Waals surface area contributed by atoms with Crippen molar-refractivity contribution in [1.82, 2.24) is 15.0 Å². The molecule has 0 atom stereocenters. The molecule has 124 valence electrons. The standard InChI is InChI=1S/C15H16F3N3O2/c1-21(2)10-7-9(8-10)14-19-13(20-23-14)11-5-3-4-6-12(11)22-15(16,17)18/h3-6,9-10H,7-8H2,1-2H3. The lowest BCUT2D eigenvalue weighted by atomic mass is 9.79. The molecule has 1 aliphatic carbocycles. The van der Waals surface area contributed by atoms with E-state index in [1.807, 2.05) is 14.1 Å². The van der Waals surface area contributed by atoms with Crippen LogP contribution >= 0.6 is 0 Å². The van der Waals surface area contributed by atoms with Gasteiger partial charge < -0.3 is 14.2 Å². The van der Waals surface area contributed by atoms with Gasteiger partial charge in [-0.2, -0.15) is 4.98 Å². The van der Waals surface area contributed by atoms with Crippen LogP contribution in [-0.2, 0) is 0 Å². The molecule has 1 heterocycles. The van der Waals surface area contributed by atoms with Crippen LogP contribution in [-0.4, -0.2) is 41.5 Å². The van der Waals surface area contributed by atoms with Gasteiger partial charge in [-0.1, -0.05) is 17.3 Å². The van der Waals surface area contributed by atoms with Crippen molar-refractivity contribution in [2.24, 2.45) is 0 Å². The lowest BCUT2D eigenvalue weighted by Crippen LogP contribution is -2.39. The molecule has 0 amide bonds. The zero-order valence-corrected chi connectivity index (χ0v) is 12.7. The van der Waals surface area contributed by atoms with Gasteiger partial charge in [0.1, 0.15) is 5.75 Å². The van der Waals surface area contributed by atoms with Gasteiger partial charge in [-0.05, 0) is 39.1 Å². The lowest BCUT2D eigenvalue weighted by Gasteiger charge is -2.37. The normalized spacial score (nSPS) is 21.3. The molecule has 1 aliphatic rings. The first-order valence-electron chi connectivity index (χ1n) is 7.18. The highest BCUT2D eigenvalue weighted by molar-refractivity contribution is 5.63. The molecule has 5 nitrogen and oxygen atoms in total. The number of halogens is 3. The molecule has 0 spiro atoms. The summed E-state index contributed by atoms with van der Waals surface area (Å²) in [5.41, 5.74) is 0.156. The zero-order chi connectivity index (χ0) is 16.6. The van der Waals surface area contributed by atoms with Crippen LogP contribution in [0.2, 0.25) is 0 Å². The van der Waals surface area contributed by atoms with Crippen molar-refractivity contribution in [2.75, 3.05) is 14.1 Å². The third-order valence-corrected chi connectivity index (χ3v) is 3.99. The molecular formula is C15H16F3N3O2. The summed E-state index contributed by atoms with van der Waals surface area (Å²) in [6, 6.07) is 6.22. The maximum Gasteiger partial charge on any atom is 0.573 e. The monoisotopic (exact) mass is 327 g/mol. The molecule has 3 rings (SSSR count). The van der Waals surface area contributed by atoms with Crippen molar-refractivity contribution in [3.63, 3.8) is 0 Å². The van der Waals surface area contributed by atoms with Crippen LogP contribution in [0.25, 0.3) is 11.4 Å². The largest absolute Gasteiger partial charge is 0.573 e. The number of nitrogens with zero attached hydrogens (tertiary/aromatic N) is 3. The summed E-state index contributed by atoms with van der Waals surface area (Å²) in [7, 11) is 4.01. The van der Waals surface area contributed by atoms with E-state index in [0.717, 1.165) is 12.8 Å². The number of hydrogen-bond donors (Lipinski definition) is 0. The summed E-state index contributed by atoms with van der Waals surface area (Å²) in [6.07, 6.45) is -2.97. The van der Waals surface area contributed by atoms with Crippen molar-refractivity contribution < 1.29 is 22.4 Å². The highest BCUT2D eigenvalue weighted by atomic mass is 19.4. The number of rotatable bonds is 4. The van der Waals surface area contributed by atoms with E-state index in [1.54, 1.807) is 6.07 Å². The predicted octanol–water partition coefficient (Wildman–Crippen LogP) is 3.44. The second kappa shape index (κ2) is 5.84. The van der Waals surface area contributed by atoms with Gasteiger partial charge in [-0.3, -0.25) is 0 Å². The van der Waals surface area contributed by atoms with Crippen LogP contribution in [0.3, 0.4) is 0 Å². The maximum absolute atomic E-state index is 12.5. The molecule has 8 heteroatoms. The summed E-state index contributed by atoms with van der Waals surface area (Å²) in [5.74, 6) is 0.375. The van der Waals surface area contributed by atoms with Crippen molar-refractivity contribution in [2.45, 2.75) is 31.2 Å². The summed E-state index contributed by atoms with van der Waals surface area (Å²) in [6.45, 7) is 0. The topological polar surface area (TPSA) is 51.4 Å². The third kappa shape index (κ3) is 3.47. The zero-order valence-electron chi connectivity index (χ0n) is 12.7. The van der Waals surface area contributed by atoms with Gasteiger partial charge in [0.25, 0.3) is 0 Å². The van der Waals surface area contributed by atoms with Gasteiger partial charge in [-0.25, -0.2) is 0 Å². The number of hydrogen-bond acceptors (Lipinski definition) is 5. The molecule has 0 N–H and O–H groups in total. The molecule has 1 fully saturated rings. The van der Waals surface area contributed by atoms with E-state index in [-0.39, 0.29) is 23.1 Å². The highest BCUT2D eigenvalue weighted by Gasteiger charge is 2.36. The second-order valence-corrected chi connectivity index (χ2v) is 5.79. The van der Waals surface area contributed by atoms with E-state index in [0.29, 0.717) is 11.9 Å². The lowest BCUT2D eigenvalue weighted by molar-refractivity contribution is -0.274. The van der Waals surface area contributed by atoms with E-state index >= 15 is 0 Å². The van der Waals surface area contributed by atoms with Gasteiger partial charge in [0.05, 0.1) is 5.56 Å². The minimum absolute atomic E-state index is 0.105. The SMILES string of the molecule is CN(C)C1CC(c2nc(-c3ccccc3OC(F)(F)F)no2)C1. The Morgan fingerprint density at radius 1 is 1.22 bits per heavy atom. The summed E-state index contributed by atoms with van der Waals surface area (Å²) in [5, 5.41) is 3.80. The number of para-hydroxylation sites is 1. The minimum Gasteiger partial charge on any atom is -0.405 e. The maximum atomic E-state index is 12.5. The quantitative estimate of drug-likeness (QED) is 0.861. The molecule has 23 heavy (non-hydrogen) atoms. The molecule has 1 aromatic carbocycles. The molecule has 1 aromatic heterocycles. The van der Waals surface area contributed by atoms with Crippen LogP contribution in [0, 0.1) is 0 Å². The fraction of sp³-hybridized carbons (Fsp3) is 0.467. The number of ether oxygens (including phenoxy) is 1. The van der Waals surface area contributed by atoms with E-state index in [1.165, 1.54) is 18.2 Å². The highest BCUT2D eigenvalue weighted by Crippen LogP contribution is 2.39. The second-order valence-electron chi connectivity index (χ2n) is 5.79. The molecule has 0 radical (unpaired) electrons. The van der Waals surface area contributed by atoms with Crippen LogP contribution < -0.4 is 4.74 Å². The molecule has 0 bridgehead atoms. The molecule has 0 unspecified atom stereocenters. The average Bonchev–Trinajstić information content (AvgIpc) is 2.84. The first-order chi connectivity index (χ1) is 10.8. The Labute approximate surface area is 131 Å². The van der Waals surface area contributed by atoms with Gasteiger partial charge in [-0.15, -0.1) is 13.2 Å². The van der Waals surface area contributed by atoms with Gasteiger partial charge >= 0.3 is 6.36 Å². The molecular weight excluding hydrogens is 311 g/mol. The smallest absolute Gasteiger partial charge is 0.405 e. The van der Waals surface area contributed by atoms with E-state index in [9.17, 15) is 13.2 Å². The van der Waals surface area contributed by atoms with Crippen molar-refractivity contribution in [3.8, 4) is 17.1 Å². The summed E-state index contributed by atoms with van der Waals surface area (Å²) in [4.78, 5) is 6.37. The molecule has 2 aromatic rings. The number of alkyl halides is 3. The fourth-order valence-corrected chi connectivity index (χ4v) is 2.59. The average molecular weight is 327 g/mol. The first-order valence-corrected chi connectivity index (χ1v) is 7.18.